The maximum Gasteiger partial charge on any atom is 0.325 e. The quantitative estimate of drug-likeness (QED) is 0.696. The summed E-state index contributed by atoms with van der Waals surface area (Å²) in [5, 5.41) is 5.27. The van der Waals surface area contributed by atoms with Gasteiger partial charge in [-0.05, 0) is 49.6 Å². The Balaban J connectivity index is 1.89. The van der Waals surface area contributed by atoms with Crippen LogP contribution in [0.3, 0.4) is 0 Å². The van der Waals surface area contributed by atoms with Gasteiger partial charge in [-0.2, -0.15) is 11.8 Å². The highest BCUT2D eigenvalue weighted by molar-refractivity contribution is 7.98. The number of imide groups is 1. The number of nitrogens with zero attached hydrogens (tertiary/aromatic N) is 1. The highest BCUT2D eigenvalue weighted by atomic mass is 32.2. The molecule has 7 nitrogen and oxygen atoms in total. The zero-order valence-corrected chi connectivity index (χ0v) is 14.5. The van der Waals surface area contributed by atoms with Crippen molar-refractivity contribution >= 4 is 35.3 Å². The standard InChI is InChI=1S/C16H21N3O4S/c1-3-23-12-6-4-11(5-7-12)17-14(20)10-19-15(21)13(8-9-24-2)18-16(19)22/h4-7,13H,3,8-10H2,1-2H3,(H,17,20)(H,18,22)/t13-/m1/s1. The van der Waals surface area contributed by atoms with Gasteiger partial charge in [0.25, 0.3) is 5.91 Å². The number of thioether (sulfide) groups is 1. The van der Waals surface area contributed by atoms with Crippen molar-refractivity contribution in [2.75, 3.05) is 30.5 Å². The molecule has 1 saturated heterocycles. The molecule has 2 N–H and O–H groups in total. The minimum atomic E-state index is -0.539. The number of amides is 4. The van der Waals surface area contributed by atoms with Gasteiger partial charge >= 0.3 is 6.03 Å². The summed E-state index contributed by atoms with van der Waals surface area (Å²) in [5.74, 6) is 0.702. The van der Waals surface area contributed by atoms with Gasteiger partial charge < -0.3 is 15.4 Å². The Morgan fingerprint density at radius 2 is 2.04 bits per heavy atom. The first-order valence-electron chi connectivity index (χ1n) is 7.68. The Kier molecular flexibility index (Phi) is 6.48. The molecule has 24 heavy (non-hydrogen) atoms. The van der Waals surface area contributed by atoms with E-state index in [2.05, 4.69) is 10.6 Å². The van der Waals surface area contributed by atoms with Gasteiger partial charge in [-0.25, -0.2) is 4.79 Å². The van der Waals surface area contributed by atoms with Crippen LogP contribution in [0.5, 0.6) is 5.75 Å². The molecule has 0 unspecified atom stereocenters. The Hall–Kier alpha value is -2.22. The molecule has 0 aliphatic carbocycles. The molecular formula is C16H21N3O4S. The first-order chi connectivity index (χ1) is 11.5. The Bertz CT molecular complexity index is 606. The van der Waals surface area contributed by atoms with Gasteiger partial charge in [0, 0.05) is 5.69 Å². The average molecular weight is 351 g/mol. The molecule has 0 radical (unpaired) electrons. The number of ether oxygens (including phenoxy) is 1. The van der Waals surface area contributed by atoms with E-state index in [4.69, 9.17) is 4.74 Å². The molecule has 1 heterocycles. The lowest BCUT2D eigenvalue weighted by atomic mass is 10.2. The number of hydrogen-bond donors (Lipinski definition) is 2. The van der Waals surface area contributed by atoms with Crippen molar-refractivity contribution in [3.63, 3.8) is 0 Å². The smallest absolute Gasteiger partial charge is 0.325 e. The number of carbonyl (C=O) groups excluding carboxylic acids is 3. The molecule has 1 aromatic carbocycles. The fourth-order valence-electron chi connectivity index (χ4n) is 2.30. The summed E-state index contributed by atoms with van der Waals surface area (Å²) in [7, 11) is 0. The minimum Gasteiger partial charge on any atom is -0.494 e. The van der Waals surface area contributed by atoms with Gasteiger partial charge in [0.1, 0.15) is 18.3 Å². The first kappa shape index (κ1) is 18.1. The number of rotatable bonds is 8. The molecule has 4 amide bonds. The maximum absolute atomic E-state index is 12.2. The van der Waals surface area contributed by atoms with Crippen LogP contribution in [0.4, 0.5) is 10.5 Å². The van der Waals surface area contributed by atoms with Crippen LogP contribution in [-0.4, -0.2) is 53.9 Å². The third-order valence-corrected chi connectivity index (χ3v) is 4.11. The summed E-state index contributed by atoms with van der Waals surface area (Å²) >= 11 is 1.60. The van der Waals surface area contributed by atoms with E-state index in [1.165, 1.54) is 0 Å². The minimum absolute atomic E-state index is 0.298. The largest absolute Gasteiger partial charge is 0.494 e. The second-order valence-corrected chi connectivity index (χ2v) is 6.20. The summed E-state index contributed by atoms with van der Waals surface area (Å²) in [6.45, 7) is 2.16. The number of urea groups is 1. The Labute approximate surface area is 145 Å². The number of benzene rings is 1. The Morgan fingerprint density at radius 1 is 1.33 bits per heavy atom. The predicted octanol–water partition coefficient (Wildman–Crippen LogP) is 1.70. The van der Waals surface area contributed by atoms with Crippen LogP contribution in [0, 0.1) is 0 Å². The van der Waals surface area contributed by atoms with Crippen LogP contribution in [0.25, 0.3) is 0 Å². The van der Waals surface area contributed by atoms with E-state index in [-0.39, 0.29) is 12.5 Å². The van der Waals surface area contributed by atoms with Crippen LogP contribution < -0.4 is 15.4 Å². The van der Waals surface area contributed by atoms with E-state index < -0.39 is 18.0 Å². The third-order valence-electron chi connectivity index (χ3n) is 3.47. The molecule has 1 aromatic rings. The summed E-state index contributed by atoms with van der Waals surface area (Å²) in [5.41, 5.74) is 0.578. The van der Waals surface area contributed by atoms with Gasteiger partial charge in [0.15, 0.2) is 0 Å². The molecule has 0 bridgehead atoms. The number of carbonyl (C=O) groups is 3. The van der Waals surface area contributed by atoms with E-state index in [1.807, 2.05) is 13.2 Å². The van der Waals surface area contributed by atoms with Crippen LogP contribution in [0.15, 0.2) is 24.3 Å². The lowest BCUT2D eigenvalue weighted by Crippen LogP contribution is -2.38. The molecule has 1 atom stereocenters. The number of nitrogens with one attached hydrogen (secondary N) is 2. The number of hydrogen-bond acceptors (Lipinski definition) is 5. The summed E-state index contributed by atoms with van der Waals surface area (Å²) in [6, 6.07) is 5.83. The van der Waals surface area contributed by atoms with Crippen molar-refractivity contribution in [2.45, 2.75) is 19.4 Å². The van der Waals surface area contributed by atoms with E-state index in [0.717, 1.165) is 10.7 Å². The van der Waals surface area contributed by atoms with E-state index in [0.29, 0.717) is 24.5 Å². The SMILES string of the molecule is CCOc1ccc(NC(=O)CN2C(=O)N[C@H](CCSC)C2=O)cc1. The summed E-state index contributed by atoms with van der Waals surface area (Å²) < 4.78 is 5.33. The summed E-state index contributed by atoms with van der Waals surface area (Å²) in [4.78, 5) is 37.0. The lowest BCUT2D eigenvalue weighted by molar-refractivity contribution is -0.130. The second-order valence-electron chi connectivity index (χ2n) is 5.21. The third kappa shape index (κ3) is 4.64. The zero-order valence-electron chi connectivity index (χ0n) is 13.7. The van der Waals surface area contributed by atoms with Crippen LogP contribution in [-0.2, 0) is 9.59 Å². The van der Waals surface area contributed by atoms with Crippen molar-refractivity contribution in [3.8, 4) is 5.75 Å². The topological polar surface area (TPSA) is 87.7 Å². The maximum atomic E-state index is 12.2. The van der Waals surface area contributed by atoms with Gasteiger partial charge in [-0.1, -0.05) is 0 Å². The van der Waals surface area contributed by atoms with E-state index >= 15 is 0 Å². The molecule has 130 valence electrons. The highest BCUT2D eigenvalue weighted by Crippen LogP contribution is 2.16. The fourth-order valence-corrected chi connectivity index (χ4v) is 2.77. The second kappa shape index (κ2) is 8.58. The van der Waals surface area contributed by atoms with Crippen molar-refractivity contribution in [1.29, 1.82) is 0 Å². The van der Waals surface area contributed by atoms with Crippen molar-refractivity contribution in [2.24, 2.45) is 0 Å². The molecule has 8 heteroatoms. The highest BCUT2D eigenvalue weighted by Gasteiger charge is 2.38. The first-order valence-corrected chi connectivity index (χ1v) is 9.08. The Morgan fingerprint density at radius 3 is 2.67 bits per heavy atom. The average Bonchev–Trinajstić information content (AvgIpc) is 2.82. The van der Waals surface area contributed by atoms with Crippen LogP contribution in [0.1, 0.15) is 13.3 Å². The van der Waals surface area contributed by atoms with Gasteiger partial charge in [-0.3, -0.25) is 14.5 Å². The van der Waals surface area contributed by atoms with Crippen LogP contribution in [0.2, 0.25) is 0 Å². The zero-order chi connectivity index (χ0) is 17.5. The van der Waals surface area contributed by atoms with Gasteiger partial charge in [0.2, 0.25) is 5.91 Å². The van der Waals surface area contributed by atoms with Crippen molar-refractivity contribution in [1.82, 2.24) is 10.2 Å². The predicted molar refractivity (Wildman–Crippen MR) is 93.3 cm³/mol. The van der Waals surface area contributed by atoms with Crippen LogP contribution >= 0.6 is 11.8 Å². The molecule has 1 fully saturated rings. The normalized spacial score (nSPS) is 16.9. The molecule has 1 aliphatic rings. The monoisotopic (exact) mass is 351 g/mol. The summed E-state index contributed by atoms with van der Waals surface area (Å²) in [6.07, 6.45) is 2.49. The van der Waals surface area contributed by atoms with E-state index in [9.17, 15) is 14.4 Å². The van der Waals surface area contributed by atoms with Crippen molar-refractivity contribution in [3.05, 3.63) is 24.3 Å². The number of anilines is 1. The molecule has 2 rings (SSSR count). The lowest BCUT2D eigenvalue weighted by Gasteiger charge is -2.13. The molecular weight excluding hydrogens is 330 g/mol. The molecule has 1 aliphatic heterocycles. The van der Waals surface area contributed by atoms with E-state index in [1.54, 1.807) is 36.0 Å². The van der Waals surface area contributed by atoms with Crippen molar-refractivity contribution < 1.29 is 19.1 Å². The molecule has 0 spiro atoms. The van der Waals surface area contributed by atoms with Gasteiger partial charge in [-0.15, -0.1) is 0 Å². The fraction of sp³-hybridized carbons (Fsp3) is 0.438. The van der Waals surface area contributed by atoms with Gasteiger partial charge in [0.05, 0.1) is 6.61 Å². The molecule has 0 saturated carbocycles. The molecule has 0 aromatic heterocycles.